The quantitative estimate of drug-likeness (QED) is 0.546. The number of halogens is 1. The number of hydrogen-bond acceptors (Lipinski definition) is 3. The topological polar surface area (TPSA) is 51.3 Å². The van der Waals surface area contributed by atoms with E-state index in [1.807, 2.05) is 12.1 Å². The molecule has 0 saturated carbocycles. The Balaban J connectivity index is 1.37. The number of ether oxygens (including phenoxy) is 2. The molecule has 2 aromatic carbocycles. The van der Waals surface area contributed by atoms with Crippen molar-refractivity contribution in [1.82, 2.24) is 4.98 Å². The van der Waals surface area contributed by atoms with Gasteiger partial charge in [-0.15, -0.1) is 0 Å². The summed E-state index contributed by atoms with van der Waals surface area (Å²) in [4.78, 5) is 15.8. The van der Waals surface area contributed by atoms with Crippen molar-refractivity contribution < 1.29 is 18.7 Å². The molecule has 0 amide bonds. The smallest absolute Gasteiger partial charge is 0.338 e. The molecule has 1 aromatic heterocycles. The third-order valence-electron chi connectivity index (χ3n) is 4.73. The molecule has 26 heavy (non-hydrogen) atoms. The minimum absolute atomic E-state index is 0.138. The highest BCUT2D eigenvalue weighted by Gasteiger charge is 2.17. The van der Waals surface area contributed by atoms with Gasteiger partial charge in [0.05, 0.1) is 5.56 Å². The highest BCUT2D eigenvalue weighted by Crippen LogP contribution is 2.29. The molecule has 0 bridgehead atoms. The van der Waals surface area contributed by atoms with Gasteiger partial charge in [-0.3, -0.25) is 0 Å². The van der Waals surface area contributed by atoms with E-state index in [4.69, 9.17) is 9.47 Å². The van der Waals surface area contributed by atoms with Crippen molar-refractivity contribution in [3.8, 4) is 5.75 Å². The van der Waals surface area contributed by atoms with Crippen LogP contribution in [0.3, 0.4) is 0 Å². The number of aromatic nitrogens is 1. The van der Waals surface area contributed by atoms with Gasteiger partial charge < -0.3 is 14.5 Å². The number of carbonyl (C=O) groups is 1. The standard InChI is InChI=1S/C21H20FNO3/c22-15-6-8-16(9-7-15)25-11-12-26-21(24)14-5-10-20-18(13-14)17-3-1-2-4-19(17)23-20/h5-10,13,23H,1-4,11-12H2. The van der Waals surface area contributed by atoms with Crippen LogP contribution in [0.15, 0.2) is 42.5 Å². The molecule has 0 atom stereocenters. The summed E-state index contributed by atoms with van der Waals surface area (Å²) in [6.45, 7) is 0.360. The number of rotatable bonds is 5. The Kier molecular flexibility index (Phi) is 4.61. The van der Waals surface area contributed by atoms with E-state index in [0.717, 1.165) is 23.7 Å². The van der Waals surface area contributed by atoms with Gasteiger partial charge in [0.15, 0.2) is 0 Å². The van der Waals surface area contributed by atoms with Gasteiger partial charge in [-0.25, -0.2) is 9.18 Å². The zero-order valence-electron chi connectivity index (χ0n) is 14.4. The number of hydrogen-bond donors (Lipinski definition) is 1. The van der Waals surface area contributed by atoms with Crippen molar-refractivity contribution in [3.63, 3.8) is 0 Å². The Labute approximate surface area is 150 Å². The highest BCUT2D eigenvalue weighted by molar-refractivity contribution is 5.96. The second kappa shape index (κ2) is 7.20. The minimum Gasteiger partial charge on any atom is -0.490 e. The summed E-state index contributed by atoms with van der Waals surface area (Å²) in [7, 11) is 0. The first kappa shape index (κ1) is 16.6. The lowest BCUT2D eigenvalue weighted by atomic mass is 9.95. The van der Waals surface area contributed by atoms with Gasteiger partial charge in [-0.1, -0.05) is 0 Å². The summed E-state index contributed by atoms with van der Waals surface area (Å²) in [6, 6.07) is 11.4. The van der Waals surface area contributed by atoms with Crippen molar-refractivity contribution in [2.24, 2.45) is 0 Å². The van der Waals surface area contributed by atoms with Gasteiger partial charge in [0.1, 0.15) is 24.8 Å². The van der Waals surface area contributed by atoms with Crippen molar-refractivity contribution in [2.75, 3.05) is 13.2 Å². The first-order valence-electron chi connectivity index (χ1n) is 8.90. The average Bonchev–Trinajstić information content (AvgIpc) is 3.04. The zero-order chi connectivity index (χ0) is 17.9. The number of aromatic amines is 1. The van der Waals surface area contributed by atoms with E-state index in [2.05, 4.69) is 4.98 Å². The molecule has 4 nitrogen and oxygen atoms in total. The van der Waals surface area contributed by atoms with Gasteiger partial charge in [-0.05, 0) is 73.7 Å². The van der Waals surface area contributed by atoms with E-state index in [1.165, 1.54) is 36.2 Å². The van der Waals surface area contributed by atoms with Gasteiger partial charge in [-0.2, -0.15) is 0 Å². The number of benzene rings is 2. The lowest BCUT2D eigenvalue weighted by molar-refractivity contribution is 0.0450. The number of H-pyrrole nitrogens is 1. The zero-order valence-corrected chi connectivity index (χ0v) is 14.4. The maximum Gasteiger partial charge on any atom is 0.338 e. The lowest BCUT2D eigenvalue weighted by Gasteiger charge is -2.10. The average molecular weight is 353 g/mol. The van der Waals surface area contributed by atoms with Crippen LogP contribution >= 0.6 is 0 Å². The van der Waals surface area contributed by atoms with Crippen LogP contribution in [-0.2, 0) is 17.6 Å². The molecule has 0 spiro atoms. The maximum absolute atomic E-state index is 12.8. The van der Waals surface area contributed by atoms with Crippen LogP contribution in [0.25, 0.3) is 10.9 Å². The van der Waals surface area contributed by atoms with Crippen molar-refractivity contribution in [3.05, 3.63) is 65.1 Å². The van der Waals surface area contributed by atoms with Crippen LogP contribution in [0.5, 0.6) is 5.75 Å². The molecule has 1 aliphatic carbocycles. The second-order valence-corrected chi connectivity index (χ2v) is 6.49. The monoisotopic (exact) mass is 353 g/mol. The summed E-state index contributed by atoms with van der Waals surface area (Å²) in [5, 5.41) is 1.12. The van der Waals surface area contributed by atoms with E-state index in [-0.39, 0.29) is 25.0 Å². The van der Waals surface area contributed by atoms with Crippen molar-refractivity contribution in [1.29, 1.82) is 0 Å². The SMILES string of the molecule is O=C(OCCOc1ccc(F)cc1)c1ccc2[nH]c3c(c2c1)CCCC3. The van der Waals surface area contributed by atoms with Crippen LogP contribution in [0, 0.1) is 5.82 Å². The largest absolute Gasteiger partial charge is 0.490 e. The first-order chi connectivity index (χ1) is 12.7. The molecule has 0 radical (unpaired) electrons. The van der Waals surface area contributed by atoms with Crippen molar-refractivity contribution >= 4 is 16.9 Å². The van der Waals surface area contributed by atoms with E-state index in [9.17, 15) is 9.18 Å². The Bertz CT molecular complexity index is 930. The van der Waals surface area contributed by atoms with Crippen molar-refractivity contribution in [2.45, 2.75) is 25.7 Å². The predicted octanol–water partition coefficient (Wildman–Crippen LogP) is 4.42. The highest BCUT2D eigenvalue weighted by atomic mass is 19.1. The van der Waals surface area contributed by atoms with Crippen LogP contribution in [-0.4, -0.2) is 24.2 Å². The molecule has 0 fully saturated rings. The van der Waals surface area contributed by atoms with Gasteiger partial charge in [0, 0.05) is 16.6 Å². The Morgan fingerprint density at radius 2 is 1.85 bits per heavy atom. The van der Waals surface area contributed by atoms with E-state index in [1.54, 1.807) is 18.2 Å². The van der Waals surface area contributed by atoms with Crippen LogP contribution in [0.4, 0.5) is 4.39 Å². The summed E-state index contributed by atoms with van der Waals surface area (Å²) in [5.74, 6) is -0.130. The fourth-order valence-electron chi connectivity index (χ4n) is 3.44. The van der Waals surface area contributed by atoms with Gasteiger partial charge in [0.25, 0.3) is 0 Å². The molecular formula is C21H20FNO3. The number of carbonyl (C=O) groups excluding carboxylic acids is 1. The maximum atomic E-state index is 12.8. The molecule has 5 heteroatoms. The molecule has 0 aliphatic heterocycles. The molecule has 3 aromatic rings. The molecule has 134 valence electrons. The van der Waals surface area contributed by atoms with Gasteiger partial charge in [0.2, 0.25) is 0 Å². The number of esters is 1. The number of fused-ring (bicyclic) bond motifs is 3. The second-order valence-electron chi connectivity index (χ2n) is 6.49. The van der Waals surface area contributed by atoms with E-state index >= 15 is 0 Å². The molecule has 4 rings (SSSR count). The molecular weight excluding hydrogens is 333 g/mol. The first-order valence-corrected chi connectivity index (χ1v) is 8.90. The van der Waals surface area contributed by atoms with Crippen LogP contribution in [0.2, 0.25) is 0 Å². The third kappa shape index (κ3) is 3.43. The number of nitrogens with one attached hydrogen (secondary N) is 1. The van der Waals surface area contributed by atoms with Gasteiger partial charge >= 0.3 is 5.97 Å². The molecule has 1 N–H and O–H groups in total. The van der Waals surface area contributed by atoms with E-state index < -0.39 is 0 Å². The Morgan fingerprint density at radius 3 is 2.69 bits per heavy atom. The van der Waals surface area contributed by atoms with E-state index in [0.29, 0.717) is 11.3 Å². The predicted molar refractivity (Wildman–Crippen MR) is 97.1 cm³/mol. The summed E-state index contributed by atoms with van der Waals surface area (Å²) >= 11 is 0. The fraction of sp³-hybridized carbons (Fsp3) is 0.286. The number of aryl methyl sites for hydroxylation is 2. The minimum atomic E-state index is -0.361. The third-order valence-corrected chi connectivity index (χ3v) is 4.73. The molecule has 1 aliphatic rings. The summed E-state index contributed by atoms with van der Waals surface area (Å²) in [5.41, 5.74) is 4.25. The lowest BCUT2D eigenvalue weighted by Crippen LogP contribution is -2.12. The summed E-state index contributed by atoms with van der Waals surface area (Å²) < 4.78 is 23.6. The normalized spacial score (nSPS) is 13.4. The molecule has 1 heterocycles. The Hall–Kier alpha value is -2.82. The fourth-order valence-corrected chi connectivity index (χ4v) is 3.44. The molecule has 0 unspecified atom stereocenters. The summed E-state index contributed by atoms with van der Waals surface area (Å²) in [6.07, 6.45) is 4.53. The van der Waals surface area contributed by atoms with Crippen LogP contribution in [0.1, 0.15) is 34.5 Å². The van der Waals surface area contributed by atoms with Crippen LogP contribution < -0.4 is 4.74 Å². The Morgan fingerprint density at radius 1 is 1.04 bits per heavy atom. The molecule has 0 saturated heterocycles.